The topological polar surface area (TPSA) is 78.8 Å². The van der Waals surface area contributed by atoms with Crippen LogP contribution in [0.1, 0.15) is 19.4 Å². The molecule has 2 aromatic rings. The van der Waals surface area contributed by atoms with Crippen LogP contribution in [0, 0.1) is 0 Å². The average molecular weight is 342 g/mol. The van der Waals surface area contributed by atoms with Gasteiger partial charge in [-0.25, -0.2) is 0 Å². The molecule has 0 saturated heterocycles. The number of benzene rings is 2. The molecule has 0 unspecified atom stereocenters. The number of hydrogen-bond acceptors (Lipinski definition) is 4. The van der Waals surface area contributed by atoms with Gasteiger partial charge in [-0.3, -0.25) is 9.55 Å². The van der Waals surface area contributed by atoms with Crippen molar-refractivity contribution in [3.8, 4) is 0 Å². The number of hydrogen-bond donors (Lipinski definition) is 2. The van der Waals surface area contributed by atoms with Gasteiger partial charge in [-0.2, -0.15) is 8.42 Å². The molecule has 0 fully saturated rings. The van der Waals surface area contributed by atoms with Crippen LogP contribution in [-0.2, 0) is 15.5 Å². The monoisotopic (exact) mass is 342 g/mol. The van der Waals surface area contributed by atoms with Gasteiger partial charge in [0, 0.05) is 17.3 Å². The fourth-order valence-corrected chi connectivity index (χ4v) is 3.18. The van der Waals surface area contributed by atoms with Crippen molar-refractivity contribution in [1.29, 1.82) is 0 Å². The molecule has 6 heteroatoms. The van der Waals surface area contributed by atoms with E-state index in [9.17, 15) is 13.0 Å². The predicted octanol–water partition coefficient (Wildman–Crippen LogP) is 3.92. The minimum atomic E-state index is -4.23. The van der Waals surface area contributed by atoms with E-state index < -0.39 is 15.5 Å². The number of nitrogens with zero attached hydrogens (tertiary/aromatic N) is 1. The van der Waals surface area contributed by atoms with Crippen LogP contribution in [0.15, 0.2) is 70.7 Å². The first-order valence-electron chi connectivity index (χ1n) is 7.48. The SMILES string of the molecule is CC1(C)C(C=CNc2ccccc2)=Nc2ccc(S(=O)(=O)O)cc21. The second-order valence-electron chi connectivity index (χ2n) is 6.12. The molecule has 0 saturated carbocycles. The van der Waals surface area contributed by atoms with E-state index in [-0.39, 0.29) is 4.90 Å². The van der Waals surface area contributed by atoms with E-state index in [0.29, 0.717) is 5.69 Å². The summed E-state index contributed by atoms with van der Waals surface area (Å²) in [5.41, 5.74) is 2.82. The third kappa shape index (κ3) is 3.11. The number of nitrogens with one attached hydrogen (secondary N) is 1. The first kappa shape index (κ1) is 16.4. The maximum Gasteiger partial charge on any atom is 0.294 e. The summed E-state index contributed by atoms with van der Waals surface area (Å²) in [6.45, 7) is 3.94. The lowest BCUT2D eigenvalue weighted by atomic mass is 9.81. The molecule has 0 spiro atoms. The van der Waals surface area contributed by atoms with Gasteiger partial charge in [-0.1, -0.05) is 32.0 Å². The van der Waals surface area contributed by atoms with Gasteiger partial charge in [0.15, 0.2) is 0 Å². The smallest absolute Gasteiger partial charge is 0.294 e. The quantitative estimate of drug-likeness (QED) is 0.825. The van der Waals surface area contributed by atoms with Crippen molar-refractivity contribution >= 4 is 27.2 Å². The molecule has 24 heavy (non-hydrogen) atoms. The summed E-state index contributed by atoms with van der Waals surface area (Å²) < 4.78 is 31.9. The van der Waals surface area contributed by atoms with Gasteiger partial charge in [0.05, 0.1) is 16.3 Å². The maximum absolute atomic E-state index is 11.3. The molecule has 0 radical (unpaired) electrons. The van der Waals surface area contributed by atoms with Crippen LogP contribution in [0.5, 0.6) is 0 Å². The first-order chi connectivity index (χ1) is 11.3. The number of aliphatic imine (C=N–C) groups is 1. The molecule has 1 aliphatic rings. The molecule has 0 atom stereocenters. The van der Waals surface area contributed by atoms with E-state index in [0.717, 1.165) is 17.0 Å². The van der Waals surface area contributed by atoms with Crippen molar-refractivity contribution in [3.63, 3.8) is 0 Å². The molecular formula is C18H18N2O3S. The molecule has 0 amide bonds. The molecule has 0 aliphatic carbocycles. The summed E-state index contributed by atoms with van der Waals surface area (Å²) in [6, 6.07) is 14.2. The summed E-state index contributed by atoms with van der Waals surface area (Å²) in [6.07, 6.45) is 3.69. The van der Waals surface area contributed by atoms with Crippen molar-refractivity contribution in [2.45, 2.75) is 24.2 Å². The van der Waals surface area contributed by atoms with Gasteiger partial charge < -0.3 is 5.32 Å². The van der Waals surface area contributed by atoms with Crippen LogP contribution < -0.4 is 5.32 Å². The van der Waals surface area contributed by atoms with Gasteiger partial charge in [0.25, 0.3) is 10.1 Å². The van der Waals surface area contributed by atoms with Gasteiger partial charge in [0.1, 0.15) is 0 Å². The number of rotatable bonds is 4. The second kappa shape index (κ2) is 5.89. The average Bonchev–Trinajstić information content (AvgIpc) is 2.78. The minimum absolute atomic E-state index is 0.114. The van der Waals surface area contributed by atoms with Crippen LogP contribution >= 0.6 is 0 Å². The lowest BCUT2D eigenvalue weighted by Crippen LogP contribution is -2.24. The van der Waals surface area contributed by atoms with Gasteiger partial charge >= 0.3 is 0 Å². The van der Waals surface area contributed by atoms with Crippen molar-refractivity contribution in [1.82, 2.24) is 0 Å². The Kier molecular flexibility index (Phi) is 4.03. The van der Waals surface area contributed by atoms with E-state index in [2.05, 4.69) is 10.3 Å². The van der Waals surface area contributed by atoms with E-state index >= 15 is 0 Å². The molecule has 1 aliphatic heterocycles. The molecule has 2 N–H and O–H groups in total. The molecular weight excluding hydrogens is 324 g/mol. The number of anilines is 1. The highest BCUT2D eigenvalue weighted by molar-refractivity contribution is 7.85. The summed E-state index contributed by atoms with van der Waals surface area (Å²) in [4.78, 5) is 4.46. The third-order valence-electron chi connectivity index (χ3n) is 4.09. The zero-order valence-corrected chi connectivity index (χ0v) is 14.2. The Hall–Kier alpha value is -2.44. The predicted molar refractivity (Wildman–Crippen MR) is 95.6 cm³/mol. The summed E-state index contributed by atoms with van der Waals surface area (Å²) in [7, 11) is -4.23. The van der Waals surface area contributed by atoms with Crippen LogP contribution in [0.2, 0.25) is 0 Å². The van der Waals surface area contributed by atoms with E-state index in [1.807, 2.05) is 56.5 Å². The lowest BCUT2D eigenvalue weighted by Gasteiger charge is -2.20. The van der Waals surface area contributed by atoms with Gasteiger partial charge in [0.2, 0.25) is 0 Å². The molecule has 5 nitrogen and oxygen atoms in total. The number of para-hydroxylation sites is 1. The third-order valence-corrected chi connectivity index (χ3v) is 4.94. The van der Waals surface area contributed by atoms with Gasteiger partial charge in [-0.05, 0) is 42.0 Å². The van der Waals surface area contributed by atoms with E-state index in [4.69, 9.17) is 0 Å². The highest BCUT2D eigenvalue weighted by Crippen LogP contribution is 2.41. The Bertz CT molecular complexity index is 930. The summed E-state index contributed by atoms with van der Waals surface area (Å²) in [5.74, 6) is 0. The highest BCUT2D eigenvalue weighted by Gasteiger charge is 2.34. The summed E-state index contributed by atoms with van der Waals surface area (Å²) >= 11 is 0. The molecule has 0 bridgehead atoms. The standard InChI is InChI=1S/C18H18N2O3S/c1-18(2)15-12-14(24(21,22)23)8-9-16(15)20-17(18)10-11-19-13-6-4-3-5-7-13/h3-12,19H,1-2H3,(H,21,22,23). The van der Waals surface area contributed by atoms with E-state index in [1.165, 1.54) is 12.1 Å². The van der Waals surface area contributed by atoms with Crippen molar-refractivity contribution < 1.29 is 13.0 Å². The molecule has 0 aromatic heterocycles. The fourth-order valence-electron chi connectivity index (χ4n) is 2.68. The highest BCUT2D eigenvalue weighted by atomic mass is 32.2. The largest absolute Gasteiger partial charge is 0.362 e. The van der Waals surface area contributed by atoms with E-state index in [1.54, 1.807) is 6.07 Å². The first-order valence-corrected chi connectivity index (χ1v) is 8.92. The number of fused-ring (bicyclic) bond motifs is 1. The number of allylic oxidation sites excluding steroid dienone is 1. The fraction of sp³-hybridized carbons (Fsp3) is 0.167. The zero-order chi connectivity index (χ0) is 17.4. The Morgan fingerprint density at radius 3 is 2.50 bits per heavy atom. The normalized spacial score (nSPS) is 16.0. The Morgan fingerprint density at radius 1 is 1.12 bits per heavy atom. The van der Waals surface area contributed by atoms with Gasteiger partial charge in [-0.15, -0.1) is 0 Å². The van der Waals surface area contributed by atoms with Crippen molar-refractivity contribution in [2.24, 2.45) is 4.99 Å². The zero-order valence-electron chi connectivity index (χ0n) is 13.4. The van der Waals surface area contributed by atoms with Crippen LogP contribution in [0.4, 0.5) is 11.4 Å². The van der Waals surface area contributed by atoms with Crippen molar-refractivity contribution in [2.75, 3.05) is 5.32 Å². The minimum Gasteiger partial charge on any atom is -0.362 e. The van der Waals surface area contributed by atoms with Crippen LogP contribution in [0.25, 0.3) is 0 Å². The molecule has 3 rings (SSSR count). The molecule has 1 heterocycles. The molecule has 2 aromatic carbocycles. The Balaban J connectivity index is 1.86. The Morgan fingerprint density at radius 2 is 1.83 bits per heavy atom. The van der Waals surface area contributed by atoms with Crippen LogP contribution in [0.3, 0.4) is 0 Å². The Labute approximate surface area is 141 Å². The maximum atomic E-state index is 11.3. The lowest BCUT2D eigenvalue weighted by molar-refractivity contribution is 0.483. The second-order valence-corrected chi connectivity index (χ2v) is 7.54. The summed E-state index contributed by atoms with van der Waals surface area (Å²) in [5, 5.41) is 3.17. The van der Waals surface area contributed by atoms with Crippen LogP contribution in [-0.4, -0.2) is 18.7 Å². The van der Waals surface area contributed by atoms with Crippen molar-refractivity contribution in [3.05, 3.63) is 66.4 Å². The molecule has 124 valence electrons.